The summed E-state index contributed by atoms with van der Waals surface area (Å²) < 4.78 is 72.2. The number of halogens is 2. The maximum Gasteiger partial charge on any atom is 0.302 e. The second-order valence-electron chi connectivity index (χ2n) is 12.2. The summed E-state index contributed by atoms with van der Waals surface area (Å²) in [5, 5.41) is 0.118. The van der Waals surface area contributed by atoms with Gasteiger partial charge < -0.3 is 14.4 Å². The maximum atomic E-state index is 14.5. The Bertz CT molecular complexity index is 1910. The van der Waals surface area contributed by atoms with Crippen LogP contribution in [0.1, 0.15) is 29.2 Å². The predicted molar refractivity (Wildman–Crippen MR) is 195 cm³/mol. The molecular formula is C38H39F2N5O4S2. The molecule has 0 unspecified atom stereocenters. The minimum absolute atomic E-state index is 0.00408. The standard InChI is InChI=1S/C38H39F2N5O4S2/c1-28(26-48-38(30-14-6-3-7-15-30,31-16-8-4-9-17-31)32-18-10-5-11-19-32)49-35-25-34(43-51(46,47)45-23-21-44(2)22-24-45)41-37(42-35)50-27-29-13-12-20-33(39)36(29)40/h3-20,25,28H,21-24,26-27H2,1-2H3,(H,41,42,43)/t28-/m1/s1. The van der Waals surface area contributed by atoms with Crippen LogP contribution < -0.4 is 9.46 Å². The number of piperazine rings is 1. The van der Waals surface area contributed by atoms with Crippen LogP contribution in [0.3, 0.4) is 0 Å². The first kappa shape index (κ1) is 36.4. The minimum Gasteiger partial charge on any atom is -0.472 e. The average molecular weight is 732 g/mol. The zero-order valence-electron chi connectivity index (χ0n) is 28.3. The van der Waals surface area contributed by atoms with Gasteiger partial charge in [-0.2, -0.15) is 17.7 Å². The van der Waals surface area contributed by atoms with E-state index in [1.165, 1.54) is 22.5 Å². The third-order valence-corrected chi connectivity index (χ3v) is 10.9. The van der Waals surface area contributed by atoms with E-state index >= 15 is 0 Å². The highest BCUT2D eigenvalue weighted by molar-refractivity contribution is 7.98. The molecule has 1 N–H and O–H groups in total. The molecule has 0 spiro atoms. The van der Waals surface area contributed by atoms with Crippen LogP contribution in [-0.2, 0) is 26.3 Å². The molecule has 0 bridgehead atoms. The Morgan fingerprint density at radius 3 is 1.96 bits per heavy atom. The van der Waals surface area contributed by atoms with Crippen LogP contribution in [0, 0.1) is 11.6 Å². The van der Waals surface area contributed by atoms with Gasteiger partial charge in [-0.25, -0.2) is 13.8 Å². The molecule has 6 rings (SSSR count). The van der Waals surface area contributed by atoms with Crippen molar-refractivity contribution in [1.82, 2.24) is 19.2 Å². The van der Waals surface area contributed by atoms with Crippen molar-refractivity contribution in [1.29, 1.82) is 0 Å². The van der Waals surface area contributed by atoms with Gasteiger partial charge in [0.05, 0.1) is 6.61 Å². The van der Waals surface area contributed by atoms with Crippen molar-refractivity contribution in [2.45, 2.75) is 29.5 Å². The van der Waals surface area contributed by atoms with Gasteiger partial charge in [0.15, 0.2) is 16.8 Å². The topological polar surface area (TPSA) is 96.9 Å². The minimum atomic E-state index is -3.96. The Balaban J connectivity index is 1.28. The molecule has 1 fully saturated rings. The number of benzene rings is 4. The van der Waals surface area contributed by atoms with Gasteiger partial charge in [0.25, 0.3) is 0 Å². The van der Waals surface area contributed by atoms with Crippen LogP contribution in [0.25, 0.3) is 0 Å². The molecule has 51 heavy (non-hydrogen) atoms. The summed E-state index contributed by atoms with van der Waals surface area (Å²) >= 11 is 1.03. The Labute approximate surface area is 301 Å². The Hall–Kier alpha value is -4.40. The third-order valence-electron chi connectivity index (χ3n) is 8.50. The molecular weight excluding hydrogens is 693 g/mol. The lowest BCUT2D eigenvalue weighted by Crippen LogP contribution is -2.48. The van der Waals surface area contributed by atoms with E-state index in [0.717, 1.165) is 34.5 Å². The highest BCUT2D eigenvalue weighted by Gasteiger charge is 2.38. The van der Waals surface area contributed by atoms with E-state index in [4.69, 9.17) is 9.47 Å². The number of aromatic nitrogens is 2. The van der Waals surface area contributed by atoms with Crippen molar-refractivity contribution >= 4 is 27.8 Å². The van der Waals surface area contributed by atoms with E-state index in [9.17, 15) is 17.2 Å². The molecule has 266 valence electrons. The molecule has 2 heterocycles. The van der Waals surface area contributed by atoms with Crippen molar-refractivity contribution in [3.8, 4) is 5.88 Å². The molecule has 1 saturated heterocycles. The molecule has 0 aliphatic carbocycles. The van der Waals surface area contributed by atoms with E-state index in [2.05, 4.69) is 19.6 Å². The second-order valence-corrected chi connectivity index (χ2v) is 14.8. The summed E-state index contributed by atoms with van der Waals surface area (Å²) in [4.78, 5) is 11.0. The van der Waals surface area contributed by atoms with Gasteiger partial charge in [0, 0.05) is 43.6 Å². The normalized spacial score (nSPS) is 15.0. The Morgan fingerprint density at radius 1 is 0.824 bits per heavy atom. The van der Waals surface area contributed by atoms with Crippen LogP contribution in [0.5, 0.6) is 5.88 Å². The van der Waals surface area contributed by atoms with Crippen LogP contribution in [0.4, 0.5) is 14.6 Å². The molecule has 1 aromatic heterocycles. The number of hydrogen-bond donors (Lipinski definition) is 1. The highest BCUT2D eigenvalue weighted by Crippen LogP contribution is 2.40. The van der Waals surface area contributed by atoms with E-state index in [-0.39, 0.29) is 34.8 Å². The summed E-state index contributed by atoms with van der Waals surface area (Å²) in [5.74, 6) is -1.84. The first-order chi connectivity index (χ1) is 24.6. The lowest BCUT2D eigenvalue weighted by Gasteiger charge is -2.36. The highest BCUT2D eigenvalue weighted by atomic mass is 32.2. The molecule has 13 heteroatoms. The quantitative estimate of drug-likeness (QED) is 0.0764. The Morgan fingerprint density at radius 2 is 1.39 bits per heavy atom. The van der Waals surface area contributed by atoms with Gasteiger partial charge in [-0.15, -0.1) is 0 Å². The van der Waals surface area contributed by atoms with Crippen molar-refractivity contribution < 1.29 is 26.7 Å². The van der Waals surface area contributed by atoms with Crippen molar-refractivity contribution in [3.63, 3.8) is 0 Å². The largest absolute Gasteiger partial charge is 0.472 e. The van der Waals surface area contributed by atoms with Crippen LogP contribution in [-0.4, -0.2) is 73.5 Å². The molecule has 9 nitrogen and oxygen atoms in total. The number of ether oxygens (including phenoxy) is 2. The maximum absolute atomic E-state index is 14.5. The zero-order valence-corrected chi connectivity index (χ0v) is 29.9. The number of rotatable bonds is 14. The molecule has 4 aromatic carbocycles. The first-order valence-corrected chi connectivity index (χ1v) is 18.9. The number of hydrogen-bond acceptors (Lipinski definition) is 8. The van der Waals surface area contributed by atoms with Crippen LogP contribution >= 0.6 is 11.8 Å². The van der Waals surface area contributed by atoms with Gasteiger partial charge in [-0.3, -0.25) is 4.72 Å². The lowest BCUT2D eigenvalue weighted by atomic mass is 9.80. The van der Waals surface area contributed by atoms with Gasteiger partial charge >= 0.3 is 10.2 Å². The fraction of sp³-hybridized carbons (Fsp3) is 0.263. The Kier molecular flexibility index (Phi) is 11.6. The fourth-order valence-electron chi connectivity index (χ4n) is 5.86. The van der Waals surface area contributed by atoms with E-state index in [1.54, 1.807) is 0 Å². The molecule has 1 aliphatic heterocycles. The van der Waals surface area contributed by atoms with Gasteiger partial charge in [-0.05, 0) is 36.7 Å². The molecule has 5 aromatic rings. The molecule has 1 aliphatic rings. The van der Waals surface area contributed by atoms with E-state index in [0.29, 0.717) is 26.2 Å². The fourth-order valence-corrected chi connectivity index (χ4v) is 7.83. The molecule has 1 atom stereocenters. The van der Waals surface area contributed by atoms with E-state index in [1.807, 2.05) is 105 Å². The molecule has 0 radical (unpaired) electrons. The lowest BCUT2D eigenvalue weighted by molar-refractivity contribution is -0.0267. The number of likely N-dealkylation sites (N-methyl/N-ethyl adjacent to an activating group) is 1. The summed E-state index contributed by atoms with van der Waals surface area (Å²) in [5.41, 5.74) is 1.93. The predicted octanol–water partition coefficient (Wildman–Crippen LogP) is 6.73. The molecule has 0 amide bonds. The number of anilines is 1. The second kappa shape index (κ2) is 16.3. The van der Waals surface area contributed by atoms with Crippen molar-refractivity contribution in [2.24, 2.45) is 0 Å². The number of nitrogens with zero attached hydrogens (tertiary/aromatic N) is 4. The van der Waals surface area contributed by atoms with Crippen LogP contribution in [0.15, 0.2) is 120 Å². The van der Waals surface area contributed by atoms with Crippen LogP contribution in [0.2, 0.25) is 0 Å². The summed E-state index contributed by atoms with van der Waals surface area (Å²) in [6, 6.07) is 35.2. The first-order valence-electron chi connectivity index (χ1n) is 16.5. The summed E-state index contributed by atoms with van der Waals surface area (Å²) in [6.07, 6.45) is -0.573. The van der Waals surface area contributed by atoms with Gasteiger partial charge in [-0.1, -0.05) is 115 Å². The third kappa shape index (κ3) is 8.74. The number of nitrogens with one attached hydrogen (secondary N) is 1. The molecule has 0 saturated carbocycles. The van der Waals surface area contributed by atoms with Crippen molar-refractivity contribution in [3.05, 3.63) is 149 Å². The summed E-state index contributed by atoms with van der Waals surface area (Å²) in [7, 11) is -2.02. The van der Waals surface area contributed by atoms with Gasteiger partial charge in [0.1, 0.15) is 17.5 Å². The summed E-state index contributed by atoms with van der Waals surface area (Å²) in [6.45, 7) is 3.77. The SMILES string of the molecule is C[C@H](COC(c1ccccc1)(c1ccccc1)c1ccccc1)Oc1cc(NS(=O)(=O)N2CCN(C)CC2)nc(SCc2cccc(F)c2F)n1. The van der Waals surface area contributed by atoms with Gasteiger partial charge in [0.2, 0.25) is 5.88 Å². The monoisotopic (exact) mass is 731 g/mol. The van der Waals surface area contributed by atoms with E-state index < -0.39 is 33.5 Å². The zero-order chi connectivity index (χ0) is 35.8. The number of thioether (sulfide) groups is 1. The smallest absolute Gasteiger partial charge is 0.302 e. The van der Waals surface area contributed by atoms with Crippen molar-refractivity contribution in [2.75, 3.05) is 44.6 Å². The average Bonchev–Trinajstić information content (AvgIpc) is 3.14.